The molecule has 0 saturated heterocycles. The first kappa shape index (κ1) is 18.1. The summed E-state index contributed by atoms with van der Waals surface area (Å²) in [5, 5.41) is 15.8. The van der Waals surface area contributed by atoms with Crippen molar-refractivity contribution < 1.29 is 9.53 Å². The van der Waals surface area contributed by atoms with Crippen LogP contribution in [0.5, 0.6) is 5.75 Å². The normalized spacial score (nSPS) is 11.0. The number of hydrogen-bond donors (Lipinski definition) is 1. The number of hydrogen-bond acceptors (Lipinski definition) is 7. The van der Waals surface area contributed by atoms with Gasteiger partial charge >= 0.3 is 0 Å². The molecule has 4 aromatic rings. The van der Waals surface area contributed by atoms with E-state index in [4.69, 9.17) is 4.74 Å². The van der Waals surface area contributed by atoms with Crippen LogP contribution >= 0.6 is 11.3 Å². The summed E-state index contributed by atoms with van der Waals surface area (Å²) in [5.41, 5.74) is 2.85. The van der Waals surface area contributed by atoms with Crippen molar-refractivity contribution in [3.05, 3.63) is 53.5 Å². The van der Waals surface area contributed by atoms with Crippen LogP contribution in [0.1, 0.15) is 28.8 Å². The van der Waals surface area contributed by atoms with Crippen molar-refractivity contribution in [3.8, 4) is 11.6 Å². The van der Waals surface area contributed by atoms with Gasteiger partial charge in [-0.2, -0.15) is 5.10 Å². The van der Waals surface area contributed by atoms with Gasteiger partial charge in [0.25, 0.3) is 5.91 Å². The van der Waals surface area contributed by atoms with Crippen LogP contribution < -0.4 is 10.1 Å². The maximum atomic E-state index is 12.5. The number of aromatic nitrogens is 5. The lowest BCUT2D eigenvalue weighted by molar-refractivity contribution is 0.102. The molecular weight excluding hydrogens is 376 g/mol. The van der Waals surface area contributed by atoms with Crippen LogP contribution in [0.25, 0.3) is 16.0 Å². The van der Waals surface area contributed by atoms with Gasteiger partial charge in [-0.1, -0.05) is 11.3 Å². The Hall–Kier alpha value is -3.33. The van der Waals surface area contributed by atoms with Gasteiger partial charge in [-0.3, -0.25) is 10.1 Å². The lowest BCUT2D eigenvalue weighted by Crippen LogP contribution is -2.15. The van der Waals surface area contributed by atoms with Crippen molar-refractivity contribution in [2.24, 2.45) is 0 Å². The molecule has 0 fully saturated rings. The molecule has 0 saturated carbocycles. The highest BCUT2D eigenvalue weighted by Crippen LogP contribution is 2.29. The van der Waals surface area contributed by atoms with Crippen molar-refractivity contribution in [2.45, 2.75) is 20.8 Å². The molecule has 142 valence electrons. The molecule has 0 unspecified atom stereocenters. The highest BCUT2D eigenvalue weighted by molar-refractivity contribution is 7.22. The number of thiazole rings is 1. The third kappa shape index (κ3) is 3.56. The van der Waals surface area contributed by atoms with E-state index < -0.39 is 0 Å². The molecule has 0 aliphatic rings. The number of carbonyl (C=O) groups is 1. The Morgan fingerprint density at radius 2 is 2.04 bits per heavy atom. The van der Waals surface area contributed by atoms with Crippen molar-refractivity contribution in [3.63, 3.8) is 0 Å². The monoisotopic (exact) mass is 394 g/mol. The molecule has 0 aliphatic heterocycles. The quantitative estimate of drug-likeness (QED) is 0.556. The average Bonchev–Trinajstić information content (AvgIpc) is 3.23. The predicted molar refractivity (Wildman–Crippen MR) is 107 cm³/mol. The Morgan fingerprint density at radius 1 is 1.18 bits per heavy atom. The first-order valence-electron chi connectivity index (χ1n) is 8.75. The number of amides is 1. The molecule has 8 nitrogen and oxygen atoms in total. The fraction of sp³-hybridized carbons (Fsp3) is 0.211. The third-order valence-electron chi connectivity index (χ3n) is 4.00. The van der Waals surface area contributed by atoms with Crippen LogP contribution in [0.4, 0.5) is 5.13 Å². The SMILES string of the molecule is CCOc1ccc2nc(NC(=O)c3ccc(-n4nc(C)cc4C)nn3)sc2c1. The highest BCUT2D eigenvalue weighted by Gasteiger charge is 2.13. The van der Waals surface area contributed by atoms with Crippen molar-refractivity contribution in [1.82, 2.24) is 25.0 Å². The summed E-state index contributed by atoms with van der Waals surface area (Å²) in [5.74, 6) is 0.976. The van der Waals surface area contributed by atoms with Crippen LogP contribution in [0.15, 0.2) is 36.4 Å². The largest absolute Gasteiger partial charge is 0.494 e. The van der Waals surface area contributed by atoms with Crippen molar-refractivity contribution in [1.29, 1.82) is 0 Å². The first-order valence-corrected chi connectivity index (χ1v) is 9.57. The second kappa shape index (κ2) is 7.35. The zero-order chi connectivity index (χ0) is 19.7. The molecule has 0 atom stereocenters. The van der Waals surface area contributed by atoms with Gasteiger partial charge in [0.05, 0.1) is 22.5 Å². The smallest absolute Gasteiger partial charge is 0.277 e. The zero-order valence-electron chi connectivity index (χ0n) is 15.6. The molecule has 1 amide bonds. The number of nitrogens with zero attached hydrogens (tertiary/aromatic N) is 5. The summed E-state index contributed by atoms with van der Waals surface area (Å²) >= 11 is 1.38. The summed E-state index contributed by atoms with van der Waals surface area (Å²) in [6, 6.07) is 10.9. The van der Waals surface area contributed by atoms with Gasteiger partial charge in [0.1, 0.15) is 5.75 Å². The molecule has 1 N–H and O–H groups in total. The van der Waals surface area contributed by atoms with Crippen molar-refractivity contribution >= 4 is 32.6 Å². The van der Waals surface area contributed by atoms with E-state index >= 15 is 0 Å². The van der Waals surface area contributed by atoms with Gasteiger partial charge in [-0.25, -0.2) is 9.67 Å². The van der Waals surface area contributed by atoms with Gasteiger partial charge in [0, 0.05) is 5.69 Å². The number of carbonyl (C=O) groups excluding carboxylic acids is 1. The Labute approximate surface area is 165 Å². The Balaban J connectivity index is 1.52. The molecule has 0 radical (unpaired) electrons. The van der Waals surface area contributed by atoms with Gasteiger partial charge in [-0.05, 0) is 57.2 Å². The lowest BCUT2D eigenvalue weighted by Gasteiger charge is -2.04. The van der Waals surface area contributed by atoms with E-state index in [9.17, 15) is 4.79 Å². The standard InChI is InChI=1S/C19H18N6O2S/c1-4-27-13-5-6-14-16(10-13)28-19(20-14)21-18(26)15-7-8-17(23-22-15)25-12(3)9-11(2)24-25/h5-10H,4H2,1-3H3,(H,20,21,26). The minimum atomic E-state index is -0.364. The van der Waals surface area contributed by atoms with Gasteiger partial charge in [0.15, 0.2) is 16.6 Å². The summed E-state index contributed by atoms with van der Waals surface area (Å²) in [4.78, 5) is 16.9. The zero-order valence-corrected chi connectivity index (χ0v) is 16.4. The van der Waals surface area contributed by atoms with E-state index in [0.29, 0.717) is 17.6 Å². The lowest BCUT2D eigenvalue weighted by atomic mass is 10.3. The van der Waals surface area contributed by atoms with Crippen molar-refractivity contribution in [2.75, 3.05) is 11.9 Å². The van der Waals surface area contributed by atoms with E-state index in [1.807, 2.05) is 45.0 Å². The minimum Gasteiger partial charge on any atom is -0.494 e. The van der Waals surface area contributed by atoms with E-state index in [-0.39, 0.29) is 11.6 Å². The molecule has 3 aromatic heterocycles. The average molecular weight is 394 g/mol. The molecule has 0 bridgehead atoms. The summed E-state index contributed by atoms with van der Waals surface area (Å²) in [7, 11) is 0. The van der Waals surface area contributed by atoms with E-state index in [0.717, 1.165) is 27.4 Å². The topological polar surface area (TPSA) is 94.8 Å². The third-order valence-corrected chi connectivity index (χ3v) is 4.93. The van der Waals surface area contributed by atoms with E-state index in [2.05, 4.69) is 25.6 Å². The predicted octanol–water partition coefficient (Wildman–Crippen LogP) is 3.54. The second-order valence-corrected chi connectivity index (χ2v) is 7.18. The molecule has 9 heteroatoms. The molecule has 28 heavy (non-hydrogen) atoms. The van der Waals surface area contributed by atoms with E-state index in [1.165, 1.54) is 11.3 Å². The van der Waals surface area contributed by atoms with Crippen LogP contribution in [0.3, 0.4) is 0 Å². The molecule has 4 rings (SSSR count). The maximum absolute atomic E-state index is 12.5. The summed E-state index contributed by atoms with van der Waals surface area (Å²) in [6.45, 7) is 6.38. The Morgan fingerprint density at radius 3 is 2.71 bits per heavy atom. The Kier molecular flexibility index (Phi) is 4.74. The number of benzene rings is 1. The first-order chi connectivity index (χ1) is 13.5. The summed E-state index contributed by atoms with van der Waals surface area (Å²) < 4.78 is 8.12. The second-order valence-electron chi connectivity index (χ2n) is 6.15. The van der Waals surface area contributed by atoms with Crippen LogP contribution in [-0.4, -0.2) is 37.5 Å². The van der Waals surface area contributed by atoms with Gasteiger partial charge in [-0.15, -0.1) is 10.2 Å². The van der Waals surface area contributed by atoms with Gasteiger partial charge < -0.3 is 4.74 Å². The molecule has 0 spiro atoms. The Bertz CT molecular complexity index is 1150. The molecule has 0 aliphatic carbocycles. The number of fused-ring (bicyclic) bond motifs is 1. The number of anilines is 1. The van der Waals surface area contributed by atoms with Crippen LogP contribution in [0.2, 0.25) is 0 Å². The number of aryl methyl sites for hydroxylation is 2. The highest BCUT2D eigenvalue weighted by atomic mass is 32.1. The number of rotatable bonds is 5. The molecule has 3 heterocycles. The van der Waals surface area contributed by atoms with E-state index in [1.54, 1.807) is 16.8 Å². The van der Waals surface area contributed by atoms with Crippen LogP contribution in [0, 0.1) is 13.8 Å². The molecular formula is C19H18N6O2S. The fourth-order valence-corrected chi connectivity index (χ4v) is 3.69. The minimum absolute atomic E-state index is 0.208. The number of nitrogens with one attached hydrogen (secondary N) is 1. The fourth-order valence-electron chi connectivity index (χ4n) is 2.80. The molecule has 1 aromatic carbocycles. The number of ether oxygens (including phenoxy) is 1. The van der Waals surface area contributed by atoms with Gasteiger partial charge in [0.2, 0.25) is 0 Å². The van der Waals surface area contributed by atoms with Crippen LogP contribution in [-0.2, 0) is 0 Å². The summed E-state index contributed by atoms with van der Waals surface area (Å²) in [6.07, 6.45) is 0. The maximum Gasteiger partial charge on any atom is 0.277 e.